The molecular weight excluding hydrogens is 290 g/mol. The van der Waals surface area contributed by atoms with Gasteiger partial charge in [0.1, 0.15) is 0 Å². The molecule has 0 atom stereocenters. The van der Waals surface area contributed by atoms with Gasteiger partial charge in [0.2, 0.25) is 10.0 Å². The molecule has 6 heteroatoms. The highest BCUT2D eigenvalue weighted by atomic mass is 32.2. The van der Waals surface area contributed by atoms with Gasteiger partial charge in [-0.25, -0.2) is 8.42 Å². The summed E-state index contributed by atoms with van der Waals surface area (Å²) in [6, 6.07) is 5.10. The Morgan fingerprint density at radius 1 is 1.19 bits per heavy atom. The number of nitrogens with one attached hydrogen (secondary N) is 1. The topological polar surface area (TPSA) is 86.3 Å². The predicted octanol–water partition coefficient (Wildman–Crippen LogP) is 1.03. The smallest absolute Gasteiger partial charge is 0.241 e. The first-order valence-corrected chi connectivity index (χ1v) is 8.58. The number of aliphatic carboxylic acids is 1. The molecule has 1 aromatic rings. The van der Waals surface area contributed by atoms with E-state index < -0.39 is 21.5 Å². The van der Waals surface area contributed by atoms with Crippen LogP contribution < -0.4 is 9.83 Å². The molecule has 5 nitrogen and oxygen atoms in total. The van der Waals surface area contributed by atoms with Gasteiger partial charge in [-0.2, -0.15) is 4.72 Å². The van der Waals surface area contributed by atoms with E-state index >= 15 is 0 Å². The lowest BCUT2D eigenvalue weighted by Gasteiger charge is -2.38. The molecule has 0 aromatic heterocycles. The zero-order valence-electron chi connectivity index (χ0n) is 12.3. The molecule has 0 aliphatic heterocycles. The molecule has 0 amide bonds. The summed E-state index contributed by atoms with van der Waals surface area (Å²) in [6.45, 7) is 3.49. The van der Waals surface area contributed by atoms with E-state index in [1.165, 1.54) is 0 Å². The number of benzene rings is 1. The number of sulfonamides is 1. The van der Waals surface area contributed by atoms with Crippen LogP contribution in [0.25, 0.3) is 0 Å². The van der Waals surface area contributed by atoms with Gasteiger partial charge in [-0.05, 0) is 43.9 Å². The highest BCUT2D eigenvalue weighted by Gasteiger charge is 2.38. The van der Waals surface area contributed by atoms with E-state index in [1.54, 1.807) is 26.0 Å². The molecular formula is C15H20NO4S-. The molecule has 0 radical (unpaired) electrons. The fourth-order valence-corrected chi connectivity index (χ4v) is 4.56. The Bertz CT molecular complexity index is 646. The molecule has 0 saturated heterocycles. The quantitative estimate of drug-likeness (QED) is 0.900. The molecule has 1 fully saturated rings. The molecule has 1 aliphatic rings. The average molecular weight is 310 g/mol. The van der Waals surface area contributed by atoms with Crippen molar-refractivity contribution in [3.8, 4) is 0 Å². The Labute approximate surface area is 125 Å². The third kappa shape index (κ3) is 3.27. The van der Waals surface area contributed by atoms with Crippen LogP contribution in [0.2, 0.25) is 0 Å². The van der Waals surface area contributed by atoms with Crippen LogP contribution in [0.4, 0.5) is 0 Å². The number of hydrogen-bond acceptors (Lipinski definition) is 4. The molecule has 21 heavy (non-hydrogen) atoms. The molecule has 116 valence electrons. The first kappa shape index (κ1) is 16.0. The summed E-state index contributed by atoms with van der Waals surface area (Å²) in [4.78, 5) is 11.6. The minimum Gasteiger partial charge on any atom is -0.548 e. The average Bonchev–Trinajstić information content (AvgIpc) is 2.42. The molecule has 0 heterocycles. The zero-order valence-corrected chi connectivity index (χ0v) is 13.1. The number of carboxylic acids is 1. The third-order valence-electron chi connectivity index (χ3n) is 4.06. The number of hydrogen-bond donors (Lipinski definition) is 1. The molecule has 0 bridgehead atoms. The van der Waals surface area contributed by atoms with Gasteiger partial charge in [0.25, 0.3) is 0 Å². The number of carboxylic acid groups (broad SMARTS) is 1. The van der Waals surface area contributed by atoms with Gasteiger partial charge in [0.05, 0.1) is 16.4 Å². The molecule has 0 spiro atoms. The van der Waals surface area contributed by atoms with Crippen LogP contribution in [0.5, 0.6) is 0 Å². The lowest BCUT2D eigenvalue weighted by atomic mass is 9.83. The van der Waals surface area contributed by atoms with Crippen LogP contribution in [0.1, 0.15) is 43.2 Å². The molecule has 1 N–H and O–H groups in total. The minimum absolute atomic E-state index is 0.133. The Hall–Kier alpha value is -1.40. The summed E-state index contributed by atoms with van der Waals surface area (Å²) in [5.74, 6) is -1.34. The summed E-state index contributed by atoms with van der Waals surface area (Å²) in [5.41, 5.74) is -0.0719. The molecule has 1 saturated carbocycles. The summed E-state index contributed by atoms with van der Waals surface area (Å²) < 4.78 is 27.6. The lowest BCUT2D eigenvalue weighted by molar-refractivity contribution is -0.314. The van der Waals surface area contributed by atoms with E-state index in [0.717, 1.165) is 12.0 Å². The maximum absolute atomic E-state index is 12.6. The van der Waals surface area contributed by atoms with Crippen molar-refractivity contribution in [2.24, 2.45) is 0 Å². The van der Waals surface area contributed by atoms with Gasteiger partial charge in [-0.1, -0.05) is 31.4 Å². The monoisotopic (exact) mass is 310 g/mol. The summed E-state index contributed by atoms with van der Waals surface area (Å²) in [6.07, 6.45) is 2.84. The Balaban J connectivity index is 2.39. The molecule has 2 rings (SSSR count). The number of carbonyl (C=O) groups excluding carboxylic acids is 1. The maximum atomic E-state index is 12.6. The van der Waals surface area contributed by atoms with E-state index in [2.05, 4.69) is 4.72 Å². The minimum atomic E-state index is -3.89. The highest BCUT2D eigenvalue weighted by Crippen LogP contribution is 2.30. The Morgan fingerprint density at radius 3 is 2.38 bits per heavy atom. The van der Waals surface area contributed by atoms with E-state index in [9.17, 15) is 18.3 Å². The van der Waals surface area contributed by atoms with E-state index in [4.69, 9.17) is 0 Å². The van der Waals surface area contributed by atoms with E-state index in [-0.39, 0.29) is 17.7 Å². The molecule has 0 unspecified atom stereocenters. The SMILES string of the molecule is Cc1ccc(C)c(S(=O)(=O)NC2(C(=O)[O-])CCCCC2)c1. The number of rotatable bonds is 4. The number of carbonyl (C=O) groups is 1. The van der Waals surface area contributed by atoms with Gasteiger partial charge >= 0.3 is 0 Å². The van der Waals surface area contributed by atoms with Crippen molar-refractivity contribution >= 4 is 16.0 Å². The van der Waals surface area contributed by atoms with Gasteiger partial charge in [0.15, 0.2) is 0 Å². The Morgan fingerprint density at radius 2 is 1.81 bits per heavy atom. The second-order valence-corrected chi connectivity index (χ2v) is 7.46. The van der Waals surface area contributed by atoms with Crippen molar-refractivity contribution in [2.45, 2.75) is 56.4 Å². The maximum Gasteiger partial charge on any atom is 0.241 e. The van der Waals surface area contributed by atoms with Crippen LogP contribution in [-0.4, -0.2) is 19.9 Å². The lowest BCUT2D eigenvalue weighted by Crippen LogP contribution is -2.60. The van der Waals surface area contributed by atoms with Crippen molar-refractivity contribution in [1.29, 1.82) is 0 Å². The van der Waals surface area contributed by atoms with Crippen molar-refractivity contribution in [3.63, 3.8) is 0 Å². The van der Waals surface area contributed by atoms with Crippen LogP contribution in [0, 0.1) is 13.8 Å². The second kappa shape index (κ2) is 5.77. The standard InChI is InChI=1S/C15H21NO4S/c1-11-6-7-12(2)13(10-11)21(19,20)16-15(14(17)18)8-4-3-5-9-15/h6-7,10,16H,3-5,8-9H2,1-2H3,(H,17,18)/p-1. The van der Waals surface area contributed by atoms with Crippen molar-refractivity contribution < 1.29 is 18.3 Å². The zero-order chi connectivity index (χ0) is 15.7. The number of aryl methyl sites for hydroxylation is 2. The van der Waals surface area contributed by atoms with Crippen molar-refractivity contribution in [1.82, 2.24) is 4.72 Å². The molecule has 1 aromatic carbocycles. The third-order valence-corrected chi connectivity index (χ3v) is 5.74. The fourth-order valence-electron chi connectivity index (χ4n) is 2.81. The normalized spacial score (nSPS) is 18.4. The van der Waals surface area contributed by atoms with Gasteiger partial charge in [-0.3, -0.25) is 0 Å². The first-order chi connectivity index (χ1) is 9.77. The second-order valence-electron chi connectivity index (χ2n) is 5.80. The first-order valence-electron chi connectivity index (χ1n) is 7.09. The summed E-state index contributed by atoms with van der Waals surface area (Å²) in [7, 11) is -3.89. The van der Waals surface area contributed by atoms with Gasteiger partial charge in [-0.15, -0.1) is 0 Å². The summed E-state index contributed by atoms with van der Waals surface area (Å²) >= 11 is 0. The van der Waals surface area contributed by atoms with Gasteiger partial charge < -0.3 is 9.90 Å². The van der Waals surface area contributed by atoms with E-state index in [1.807, 2.05) is 6.07 Å². The van der Waals surface area contributed by atoms with Gasteiger partial charge in [0, 0.05) is 0 Å². The van der Waals surface area contributed by atoms with Crippen LogP contribution in [0.3, 0.4) is 0 Å². The van der Waals surface area contributed by atoms with Crippen LogP contribution in [-0.2, 0) is 14.8 Å². The van der Waals surface area contributed by atoms with Crippen molar-refractivity contribution in [2.75, 3.05) is 0 Å². The predicted molar refractivity (Wildman–Crippen MR) is 77.1 cm³/mol. The molecule has 1 aliphatic carbocycles. The van der Waals surface area contributed by atoms with Crippen molar-refractivity contribution in [3.05, 3.63) is 29.3 Å². The summed E-state index contributed by atoms with van der Waals surface area (Å²) in [5, 5.41) is 11.5. The van der Waals surface area contributed by atoms with E-state index in [0.29, 0.717) is 18.4 Å². The largest absolute Gasteiger partial charge is 0.548 e. The fraction of sp³-hybridized carbons (Fsp3) is 0.533. The Kier molecular flexibility index (Phi) is 4.39. The van der Waals surface area contributed by atoms with Crippen LogP contribution >= 0.6 is 0 Å². The van der Waals surface area contributed by atoms with Crippen LogP contribution in [0.15, 0.2) is 23.1 Å². The highest BCUT2D eigenvalue weighted by molar-refractivity contribution is 7.89.